The lowest BCUT2D eigenvalue weighted by Crippen LogP contribution is -2.38. The van der Waals surface area contributed by atoms with E-state index < -0.39 is 11.8 Å². The molecule has 0 aromatic heterocycles. The average molecular weight is 386 g/mol. The Balaban J connectivity index is 2.03. The highest BCUT2D eigenvalue weighted by molar-refractivity contribution is 6.02. The maximum Gasteiger partial charge on any atom is 0.340 e. The minimum Gasteiger partial charge on any atom is -0.462 e. The number of carbonyl (C=O) groups excluding carboxylic acids is 3. The summed E-state index contributed by atoms with van der Waals surface area (Å²) >= 11 is 0. The largest absolute Gasteiger partial charge is 0.462 e. The van der Waals surface area contributed by atoms with E-state index in [0.29, 0.717) is 11.3 Å². The zero-order valence-electron chi connectivity index (χ0n) is 15.9. The van der Waals surface area contributed by atoms with Gasteiger partial charge in [0.25, 0.3) is 0 Å². The molecule has 1 N–H and O–H groups in total. The Bertz CT molecular complexity index is 854. The lowest BCUT2D eigenvalue weighted by Gasteiger charge is -2.23. The minimum atomic E-state index is -0.520. The Hall–Kier alpha value is -3.22. The van der Waals surface area contributed by atoms with E-state index in [1.807, 2.05) is 0 Å². The van der Waals surface area contributed by atoms with Gasteiger partial charge in [-0.3, -0.25) is 9.59 Å². The van der Waals surface area contributed by atoms with Crippen LogP contribution in [-0.2, 0) is 20.7 Å². The summed E-state index contributed by atoms with van der Waals surface area (Å²) in [6.45, 7) is 3.62. The molecule has 0 saturated carbocycles. The molecule has 0 aliphatic carbocycles. The summed E-state index contributed by atoms with van der Waals surface area (Å²) < 4.78 is 18.7. The molecule has 0 bridgehead atoms. The number of amides is 2. The molecule has 0 saturated heterocycles. The van der Waals surface area contributed by atoms with Crippen molar-refractivity contribution in [1.29, 1.82) is 0 Å². The number of esters is 1. The van der Waals surface area contributed by atoms with Crippen molar-refractivity contribution in [3.05, 3.63) is 65.5 Å². The van der Waals surface area contributed by atoms with Crippen molar-refractivity contribution in [2.24, 2.45) is 0 Å². The molecule has 0 spiro atoms. The number of carbonyl (C=O) groups is 3. The van der Waals surface area contributed by atoms with Crippen molar-refractivity contribution in [3.63, 3.8) is 0 Å². The quantitative estimate of drug-likeness (QED) is 0.708. The molecule has 0 heterocycles. The van der Waals surface area contributed by atoms with Crippen LogP contribution in [0.25, 0.3) is 0 Å². The number of nitrogens with zero attached hydrogens (tertiary/aromatic N) is 1. The predicted octanol–water partition coefficient (Wildman–Crippen LogP) is 2.71. The van der Waals surface area contributed by atoms with Gasteiger partial charge in [0.15, 0.2) is 0 Å². The topological polar surface area (TPSA) is 75.7 Å². The van der Waals surface area contributed by atoms with Gasteiger partial charge in [-0.1, -0.05) is 30.3 Å². The Morgan fingerprint density at radius 1 is 1.07 bits per heavy atom. The van der Waals surface area contributed by atoms with E-state index in [-0.39, 0.29) is 43.5 Å². The van der Waals surface area contributed by atoms with Crippen molar-refractivity contribution in [1.82, 2.24) is 5.32 Å². The highest BCUT2D eigenvalue weighted by atomic mass is 19.1. The molecular formula is C21H23FN2O4. The third kappa shape index (κ3) is 5.64. The monoisotopic (exact) mass is 386 g/mol. The van der Waals surface area contributed by atoms with Crippen molar-refractivity contribution >= 4 is 23.5 Å². The molecule has 0 aliphatic heterocycles. The molecule has 6 nitrogen and oxygen atoms in total. The van der Waals surface area contributed by atoms with Crippen LogP contribution in [0, 0.1) is 5.82 Å². The van der Waals surface area contributed by atoms with Gasteiger partial charge in [-0.05, 0) is 30.7 Å². The summed E-state index contributed by atoms with van der Waals surface area (Å²) in [5, 5.41) is 2.67. The van der Waals surface area contributed by atoms with Crippen LogP contribution >= 0.6 is 0 Å². The minimum absolute atomic E-state index is 0.0911. The Kier molecular flexibility index (Phi) is 7.68. The third-order valence-electron chi connectivity index (χ3n) is 4.04. The smallest absolute Gasteiger partial charge is 0.340 e. The number of hydrogen-bond donors (Lipinski definition) is 1. The molecule has 28 heavy (non-hydrogen) atoms. The molecule has 0 fully saturated rings. The van der Waals surface area contributed by atoms with Gasteiger partial charge in [0.05, 0.1) is 24.3 Å². The molecule has 0 aliphatic rings. The fourth-order valence-electron chi connectivity index (χ4n) is 2.72. The number of rotatable bonds is 8. The maximum atomic E-state index is 13.6. The number of hydrogen-bond acceptors (Lipinski definition) is 4. The van der Waals surface area contributed by atoms with Crippen molar-refractivity contribution < 1.29 is 23.5 Å². The zero-order chi connectivity index (χ0) is 20.5. The van der Waals surface area contributed by atoms with Crippen molar-refractivity contribution in [2.75, 3.05) is 24.6 Å². The first kappa shape index (κ1) is 21.1. The summed E-state index contributed by atoms with van der Waals surface area (Å²) in [6, 6.07) is 12.7. The van der Waals surface area contributed by atoms with Gasteiger partial charge in [0.1, 0.15) is 5.82 Å². The molecule has 0 radical (unpaired) electrons. The van der Waals surface area contributed by atoms with Crippen LogP contribution in [-0.4, -0.2) is 37.5 Å². The van der Waals surface area contributed by atoms with Crippen molar-refractivity contribution in [2.45, 2.75) is 20.3 Å². The second-order valence-corrected chi connectivity index (χ2v) is 6.03. The van der Waals surface area contributed by atoms with Gasteiger partial charge in [0.2, 0.25) is 11.8 Å². The molecule has 2 rings (SSSR count). The Morgan fingerprint density at radius 3 is 2.43 bits per heavy atom. The van der Waals surface area contributed by atoms with Crippen LogP contribution in [0.5, 0.6) is 0 Å². The molecule has 0 atom stereocenters. The van der Waals surface area contributed by atoms with Gasteiger partial charge in [-0.25, -0.2) is 9.18 Å². The van der Waals surface area contributed by atoms with Crippen LogP contribution in [0.3, 0.4) is 0 Å². The number of benzene rings is 2. The highest BCUT2D eigenvalue weighted by Gasteiger charge is 2.20. The molecule has 148 valence electrons. The predicted molar refractivity (Wildman–Crippen MR) is 104 cm³/mol. The average Bonchev–Trinajstić information content (AvgIpc) is 2.67. The number of para-hydroxylation sites is 1. The van der Waals surface area contributed by atoms with Gasteiger partial charge >= 0.3 is 5.97 Å². The SMILES string of the molecule is CCOC(=O)c1ccccc1N(CCNC(=O)Cc1ccccc1F)C(C)=O. The molecular weight excluding hydrogens is 363 g/mol. The first-order valence-corrected chi connectivity index (χ1v) is 8.98. The number of anilines is 1. The third-order valence-corrected chi connectivity index (χ3v) is 4.04. The highest BCUT2D eigenvalue weighted by Crippen LogP contribution is 2.21. The number of ether oxygens (including phenoxy) is 1. The first-order valence-electron chi connectivity index (χ1n) is 8.98. The van der Waals surface area contributed by atoms with E-state index in [0.717, 1.165) is 0 Å². The van der Waals surface area contributed by atoms with Crippen LogP contribution < -0.4 is 10.2 Å². The maximum absolute atomic E-state index is 13.6. The fourth-order valence-corrected chi connectivity index (χ4v) is 2.72. The summed E-state index contributed by atoms with van der Waals surface area (Å²) in [7, 11) is 0. The van der Waals surface area contributed by atoms with E-state index >= 15 is 0 Å². The Morgan fingerprint density at radius 2 is 1.75 bits per heavy atom. The van der Waals surface area contributed by atoms with Gasteiger partial charge in [0, 0.05) is 20.0 Å². The van der Waals surface area contributed by atoms with E-state index in [9.17, 15) is 18.8 Å². The standard InChI is InChI=1S/C21H23FN2O4/c1-3-28-21(27)17-9-5-7-11-19(17)24(15(2)25)13-12-23-20(26)14-16-8-4-6-10-18(16)22/h4-11H,3,12-14H2,1-2H3,(H,23,26). The van der Waals surface area contributed by atoms with Gasteiger partial charge < -0.3 is 15.0 Å². The fraction of sp³-hybridized carbons (Fsp3) is 0.286. The van der Waals surface area contributed by atoms with Gasteiger partial charge in [-0.2, -0.15) is 0 Å². The zero-order valence-corrected chi connectivity index (χ0v) is 15.9. The number of halogens is 1. The van der Waals surface area contributed by atoms with Gasteiger partial charge in [-0.15, -0.1) is 0 Å². The second-order valence-electron chi connectivity index (χ2n) is 6.03. The van der Waals surface area contributed by atoms with Crippen LogP contribution in [0.15, 0.2) is 48.5 Å². The first-order chi connectivity index (χ1) is 13.4. The lowest BCUT2D eigenvalue weighted by molar-refractivity contribution is -0.121. The van der Waals surface area contributed by atoms with Crippen LogP contribution in [0.1, 0.15) is 29.8 Å². The number of nitrogens with one attached hydrogen (secondary N) is 1. The summed E-state index contributed by atoms with van der Waals surface area (Å²) in [6.07, 6.45) is -0.0911. The summed E-state index contributed by atoms with van der Waals surface area (Å²) in [5.41, 5.74) is 0.991. The van der Waals surface area contributed by atoms with Crippen LogP contribution in [0.4, 0.5) is 10.1 Å². The summed E-state index contributed by atoms with van der Waals surface area (Å²) in [4.78, 5) is 37.7. The van der Waals surface area contributed by atoms with E-state index in [1.165, 1.54) is 17.9 Å². The van der Waals surface area contributed by atoms with E-state index in [1.54, 1.807) is 49.4 Å². The van der Waals surface area contributed by atoms with E-state index in [4.69, 9.17) is 4.74 Å². The summed E-state index contributed by atoms with van der Waals surface area (Å²) in [5.74, 6) is -1.59. The molecule has 0 unspecified atom stereocenters. The van der Waals surface area contributed by atoms with Crippen LogP contribution in [0.2, 0.25) is 0 Å². The van der Waals surface area contributed by atoms with Crippen molar-refractivity contribution in [3.8, 4) is 0 Å². The molecule has 2 aromatic carbocycles. The van der Waals surface area contributed by atoms with E-state index in [2.05, 4.69) is 5.32 Å². The molecule has 2 amide bonds. The molecule has 2 aromatic rings. The lowest BCUT2D eigenvalue weighted by atomic mass is 10.1. The second kappa shape index (κ2) is 10.2. The Labute approximate surface area is 163 Å². The molecule has 7 heteroatoms. The normalized spacial score (nSPS) is 10.2.